The number of hydrogen-bond acceptors (Lipinski definition) is 4. The van der Waals surface area contributed by atoms with E-state index in [2.05, 4.69) is 15.6 Å². The van der Waals surface area contributed by atoms with Crippen molar-refractivity contribution < 1.29 is 14.3 Å². The number of carbonyl (C=O) groups excluding carboxylic acids is 2. The zero-order valence-corrected chi connectivity index (χ0v) is 12.6. The molecule has 3 aliphatic rings. The highest BCUT2D eigenvalue weighted by atomic mass is 35.5. The van der Waals surface area contributed by atoms with Crippen LogP contribution in [0.25, 0.3) is 0 Å². The van der Waals surface area contributed by atoms with E-state index in [9.17, 15) is 9.59 Å². The van der Waals surface area contributed by atoms with Crippen molar-refractivity contribution in [3.05, 3.63) is 29.0 Å². The fraction of sp³-hybridized carbons (Fsp3) is 0.533. The maximum Gasteiger partial charge on any atom is 0.407 e. The molecule has 0 unspecified atom stereocenters. The second kappa shape index (κ2) is 4.84. The summed E-state index contributed by atoms with van der Waals surface area (Å²) in [7, 11) is 0. The number of carbonyl (C=O) groups is 2. The van der Waals surface area contributed by atoms with E-state index < -0.39 is 11.5 Å². The van der Waals surface area contributed by atoms with Crippen LogP contribution in [0.2, 0.25) is 5.02 Å². The van der Waals surface area contributed by atoms with E-state index in [1.807, 2.05) is 6.07 Å². The summed E-state index contributed by atoms with van der Waals surface area (Å²) in [5.74, 6) is -0.0316. The maximum atomic E-state index is 12.7. The minimum Gasteiger partial charge on any atom is -0.444 e. The minimum atomic E-state index is -0.543. The molecule has 4 rings (SSSR count). The fourth-order valence-electron chi connectivity index (χ4n) is 3.43. The Labute approximate surface area is 132 Å². The highest BCUT2D eigenvalue weighted by Crippen LogP contribution is 2.48. The number of aromatic nitrogens is 1. The molecule has 0 spiro atoms. The molecule has 3 fully saturated rings. The third kappa shape index (κ3) is 2.22. The SMILES string of the molecule is O=C1N[C@@H]2C[C@@H](NC(=O)C3(c4ccc(Cl)cn4)CC3)[C@@H](C2)O1. The van der Waals surface area contributed by atoms with Gasteiger partial charge in [0.25, 0.3) is 0 Å². The number of nitrogens with one attached hydrogen (secondary N) is 2. The van der Waals surface area contributed by atoms with Crippen molar-refractivity contribution in [3.8, 4) is 0 Å². The van der Waals surface area contributed by atoms with Gasteiger partial charge in [-0.05, 0) is 31.4 Å². The first kappa shape index (κ1) is 13.8. The number of ether oxygens (including phenoxy) is 1. The normalized spacial score (nSPS) is 31.1. The summed E-state index contributed by atoms with van der Waals surface area (Å²) in [5, 5.41) is 6.38. The van der Waals surface area contributed by atoms with Gasteiger partial charge in [-0.25, -0.2) is 4.79 Å². The predicted molar refractivity (Wildman–Crippen MR) is 78.5 cm³/mol. The van der Waals surface area contributed by atoms with Gasteiger partial charge in [-0.1, -0.05) is 11.6 Å². The van der Waals surface area contributed by atoms with Gasteiger partial charge < -0.3 is 15.4 Å². The Morgan fingerprint density at radius 2 is 2.23 bits per heavy atom. The zero-order valence-electron chi connectivity index (χ0n) is 11.8. The van der Waals surface area contributed by atoms with E-state index >= 15 is 0 Å². The van der Waals surface area contributed by atoms with Crippen LogP contribution in [0.15, 0.2) is 18.3 Å². The van der Waals surface area contributed by atoms with Gasteiger partial charge in [-0.15, -0.1) is 0 Å². The number of pyridine rings is 1. The van der Waals surface area contributed by atoms with E-state index in [1.54, 1.807) is 12.3 Å². The zero-order chi connectivity index (χ0) is 15.3. The van der Waals surface area contributed by atoms with Gasteiger partial charge in [0.15, 0.2) is 0 Å². The van der Waals surface area contributed by atoms with Gasteiger partial charge in [-0.3, -0.25) is 9.78 Å². The molecule has 2 heterocycles. The van der Waals surface area contributed by atoms with E-state index in [0.717, 1.165) is 25.0 Å². The van der Waals surface area contributed by atoms with E-state index in [0.29, 0.717) is 11.4 Å². The summed E-state index contributed by atoms with van der Waals surface area (Å²) >= 11 is 5.86. The van der Waals surface area contributed by atoms with E-state index in [4.69, 9.17) is 16.3 Å². The number of halogens is 1. The van der Waals surface area contributed by atoms with Crippen molar-refractivity contribution in [2.24, 2.45) is 0 Å². The van der Waals surface area contributed by atoms with Crippen molar-refractivity contribution in [2.45, 2.75) is 49.3 Å². The Kier molecular flexibility index (Phi) is 3.04. The first-order valence-corrected chi connectivity index (χ1v) is 7.85. The van der Waals surface area contributed by atoms with E-state index in [1.165, 1.54) is 0 Å². The van der Waals surface area contributed by atoms with Crippen LogP contribution in [-0.4, -0.2) is 35.2 Å². The Hall–Kier alpha value is -1.82. The molecule has 22 heavy (non-hydrogen) atoms. The molecule has 2 saturated carbocycles. The molecule has 2 aliphatic carbocycles. The van der Waals surface area contributed by atoms with E-state index in [-0.39, 0.29) is 24.1 Å². The molecular formula is C15H16ClN3O3. The predicted octanol–water partition coefficient (Wildman–Crippen LogP) is 1.52. The topological polar surface area (TPSA) is 80.3 Å². The lowest BCUT2D eigenvalue weighted by Gasteiger charge is -2.24. The Balaban J connectivity index is 1.48. The first-order chi connectivity index (χ1) is 10.6. The van der Waals surface area contributed by atoms with Crippen LogP contribution < -0.4 is 10.6 Å². The van der Waals surface area contributed by atoms with Crippen LogP contribution in [-0.2, 0) is 14.9 Å². The molecule has 1 saturated heterocycles. The summed E-state index contributed by atoms with van der Waals surface area (Å²) in [6.45, 7) is 0. The lowest BCUT2D eigenvalue weighted by molar-refractivity contribution is -0.125. The molecular weight excluding hydrogens is 306 g/mol. The smallest absolute Gasteiger partial charge is 0.407 e. The summed E-state index contributed by atoms with van der Waals surface area (Å²) < 4.78 is 5.25. The molecule has 0 aromatic carbocycles. The van der Waals surface area contributed by atoms with Crippen molar-refractivity contribution in [3.63, 3.8) is 0 Å². The molecule has 116 valence electrons. The van der Waals surface area contributed by atoms with Gasteiger partial charge in [0.2, 0.25) is 5.91 Å². The van der Waals surface area contributed by atoms with Crippen LogP contribution in [0.1, 0.15) is 31.4 Å². The van der Waals surface area contributed by atoms with Crippen LogP contribution in [0, 0.1) is 0 Å². The minimum absolute atomic E-state index is 0.0316. The van der Waals surface area contributed by atoms with Gasteiger partial charge >= 0.3 is 6.09 Å². The number of hydrogen-bond donors (Lipinski definition) is 2. The Bertz CT molecular complexity index is 629. The Morgan fingerprint density at radius 3 is 2.91 bits per heavy atom. The fourth-order valence-corrected chi connectivity index (χ4v) is 3.54. The second-order valence-corrected chi connectivity index (χ2v) is 6.72. The van der Waals surface area contributed by atoms with Crippen molar-refractivity contribution in [2.75, 3.05) is 0 Å². The second-order valence-electron chi connectivity index (χ2n) is 6.28. The molecule has 2 amide bonds. The quantitative estimate of drug-likeness (QED) is 0.884. The molecule has 1 aromatic rings. The molecule has 6 nitrogen and oxygen atoms in total. The third-order valence-electron chi connectivity index (χ3n) is 4.80. The number of fused-ring (bicyclic) bond motifs is 2. The summed E-state index contributed by atoms with van der Waals surface area (Å²) in [6.07, 6.45) is 3.99. The molecule has 3 atom stereocenters. The molecule has 7 heteroatoms. The highest BCUT2D eigenvalue weighted by molar-refractivity contribution is 6.30. The third-order valence-corrected chi connectivity index (χ3v) is 5.03. The lowest BCUT2D eigenvalue weighted by Crippen LogP contribution is -2.47. The van der Waals surface area contributed by atoms with Crippen LogP contribution in [0.4, 0.5) is 4.79 Å². The molecule has 2 bridgehead atoms. The molecule has 1 aliphatic heterocycles. The monoisotopic (exact) mass is 321 g/mol. The number of nitrogens with zero attached hydrogens (tertiary/aromatic N) is 1. The molecule has 1 aromatic heterocycles. The van der Waals surface area contributed by atoms with Crippen molar-refractivity contribution in [1.29, 1.82) is 0 Å². The maximum absolute atomic E-state index is 12.7. The van der Waals surface area contributed by atoms with Crippen molar-refractivity contribution >= 4 is 23.6 Å². The van der Waals surface area contributed by atoms with Gasteiger partial charge in [0, 0.05) is 18.7 Å². The van der Waals surface area contributed by atoms with Crippen LogP contribution >= 0.6 is 11.6 Å². The number of rotatable bonds is 3. The lowest BCUT2D eigenvalue weighted by atomic mass is 9.99. The number of alkyl carbamates (subject to hydrolysis) is 1. The average Bonchev–Trinajstić information content (AvgIpc) is 3.23. The highest BCUT2D eigenvalue weighted by Gasteiger charge is 2.54. The van der Waals surface area contributed by atoms with Gasteiger partial charge in [-0.2, -0.15) is 0 Å². The van der Waals surface area contributed by atoms with Crippen LogP contribution in [0.3, 0.4) is 0 Å². The average molecular weight is 322 g/mol. The molecule has 2 N–H and O–H groups in total. The summed E-state index contributed by atoms with van der Waals surface area (Å²) in [5.41, 5.74) is 0.212. The number of amides is 2. The van der Waals surface area contributed by atoms with Crippen molar-refractivity contribution in [1.82, 2.24) is 15.6 Å². The summed E-state index contributed by atoms with van der Waals surface area (Å²) in [4.78, 5) is 28.3. The molecule has 0 radical (unpaired) electrons. The Morgan fingerprint density at radius 1 is 1.41 bits per heavy atom. The summed E-state index contributed by atoms with van der Waals surface area (Å²) in [6, 6.07) is 3.54. The van der Waals surface area contributed by atoms with Gasteiger partial charge in [0.05, 0.1) is 22.2 Å². The van der Waals surface area contributed by atoms with Gasteiger partial charge in [0.1, 0.15) is 6.10 Å². The first-order valence-electron chi connectivity index (χ1n) is 7.47. The van der Waals surface area contributed by atoms with Crippen LogP contribution in [0.5, 0.6) is 0 Å². The largest absolute Gasteiger partial charge is 0.444 e. The standard InChI is InChI=1S/C15H16ClN3O3/c16-8-1-2-12(17-7-8)15(3-4-15)13(20)19-10-5-9-6-11(10)22-14(21)18-9/h1-2,7,9-11H,3-6H2,(H,18,21)(H,19,20)/t9-,10-,11-/m1/s1.